The maximum absolute atomic E-state index is 13.1. The molecule has 0 heterocycles. The fourth-order valence-electron chi connectivity index (χ4n) is 1.86. The van der Waals surface area contributed by atoms with Crippen LogP contribution in [0.1, 0.15) is 13.3 Å². The summed E-state index contributed by atoms with van der Waals surface area (Å²) in [5.41, 5.74) is 0.792. The number of carbonyl (C=O) groups is 1. The summed E-state index contributed by atoms with van der Waals surface area (Å²) in [6.07, 6.45) is 0.605. The van der Waals surface area contributed by atoms with Gasteiger partial charge in [0.25, 0.3) is 0 Å². The quantitative estimate of drug-likeness (QED) is 0.766. The van der Waals surface area contributed by atoms with E-state index in [1.54, 1.807) is 6.07 Å². The van der Waals surface area contributed by atoms with E-state index in [9.17, 15) is 9.18 Å². The lowest BCUT2D eigenvalue weighted by Crippen LogP contribution is -2.40. The summed E-state index contributed by atoms with van der Waals surface area (Å²) in [4.78, 5) is 13.5. The molecule has 1 aromatic rings. The third kappa shape index (κ3) is 4.87. The van der Waals surface area contributed by atoms with Gasteiger partial charge in [-0.3, -0.25) is 4.79 Å². The molecular formula is C14H21FN2O2. The van der Waals surface area contributed by atoms with Crippen LogP contribution in [0, 0.1) is 5.82 Å². The Morgan fingerprint density at radius 1 is 1.53 bits per heavy atom. The highest BCUT2D eigenvalue weighted by atomic mass is 19.1. The van der Waals surface area contributed by atoms with Gasteiger partial charge in [-0.05, 0) is 31.2 Å². The molecule has 0 aliphatic rings. The number of esters is 1. The highest BCUT2D eigenvalue weighted by Gasteiger charge is 2.18. The molecule has 106 valence electrons. The second kappa shape index (κ2) is 7.74. The third-order valence-electron chi connectivity index (χ3n) is 2.94. The van der Waals surface area contributed by atoms with Gasteiger partial charge in [0.15, 0.2) is 0 Å². The summed E-state index contributed by atoms with van der Waals surface area (Å²) in [6.45, 7) is 3.27. The predicted molar refractivity (Wildman–Crippen MR) is 73.8 cm³/mol. The van der Waals surface area contributed by atoms with Crippen molar-refractivity contribution in [3.05, 3.63) is 30.1 Å². The molecule has 5 heteroatoms. The highest BCUT2D eigenvalue weighted by Crippen LogP contribution is 2.14. The molecule has 4 nitrogen and oxygen atoms in total. The number of methoxy groups -OCH3 is 1. The largest absolute Gasteiger partial charge is 0.468 e. The van der Waals surface area contributed by atoms with E-state index >= 15 is 0 Å². The predicted octanol–water partition coefficient (Wildman–Crippen LogP) is 1.80. The molecule has 0 saturated carbocycles. The lowest BCUT2D eigenvalue weighted by Gasteiger charge is -2.22. The van der Waals surface area contributed by atoms with Crippen molar-refractivity contribution in [2.24, 2.45) is 0 Å². The number of rotatable bonds is 7. The van der Waals surface area contributed by atoms with Crippen LogP contribution in [0.15, 0.2) is 24.3 Å². The molecule has 0 spiro atoms. The van der Waals surface area contributed by atoms with Crippen molar-refractivity contribution in [3.8, 4) is 0 Å². The Morgan fingerprint density at radius 3 is 2.84 bits per heavy atom. The van der Waals surface area contributed by atoms with E-state index < -0.39 is 0 Å². The number of nitrogens with one attached hydrogen (secondary N) is 1. The van der Waals surface area contributed by atoms with Crippen LogP contribution in [0.5, 0.6) is 0 Å². The van der Waals surface area contributed by atoms with Crippen LogP contribution in [0.2, 0.25) is 0 Å². The molecule has 0 amide bonds. The van der Waals surface area contributed by atoms with Gasteiger partial charge in [0, 0.05) is 19.3 Å². The smallest absolute Gasteiger partial charge is 0.322 e. The molecule has 0 saturated heterocycles. The summed E-state index contributed by atoms with van der Waals surface area (Å²) in [5, 5.41) is 3.08. The number of carbonyl (C=O) groups excluding carboxylic acids is 1. The van der Waals surface area contributed by atoms with E-state index in [0.29, 0.717) is 19.5 Å². The zero-order valence-corrected chi connectivity index (χ0v) is 11.6. The van der Waals surface area contributed by atoms with Gasteiger partial charge < -0.3 is 15.0 Å². The number of benzene rings is 1. The first-order valence-corrected chi connectivity index (χ1v) is 6.36. The van der Waals surface area contributed by atoms with E-state index in [-0.39, 0.29) is 17.8 Å². The Kier molecular flexibility index (Phi) is 6.29. The van der Waals surface area contributed by atoms with Crippen molar-refractivity contribution < 1.29 is 13.9 Å². The van der Waals surface area contributed by atoms with Gasteiger partial charge in [-0.15, -0.1) is 0 Å². The van der Waals surface area contributed by atoms with Crippen LogP contribution in [0.25, 0.3) is 0 Å². The van der Waals surface area contributed by atoms with Crippen LogP contribution in [0.3, 0.4) is 0 Å². The molecule has 19 heavy (non-hydrogen) atoms. The maximum atomic E-state index is 13.1. The zero-order chi connectivity index (χ0) is 14.3. The van der Waals surface area contributed by atoms with Gasteiger partial charge in [0.05, 0.1) is 7.11 Å². The molecule has 0 radical (unpaired) electrons. The number of hydrogen-bond donors (Lipinski definition) is 1. The first kappa shape index (κ1) is 15.4. The molecule has 0 fully saturated rings. The van der Waals surface area contributed by atoms with Gasteiger partial charge in [-0.1, -0.05) is 13.0 Å². The zero-order valence-electron chi connectivity index (χ0n) is 11.6. The normalized spacial score (nSPS) is 12.0. The Morgan fingerprint density at radius 2 is 2.26 bits per heavy atom. The van der Waals surface area contributed by atoms with Gasteiger partial charge in [0.1, 0.15) is 11.9 Å². The number of nitrogens with zero attached hydrogens (tertiary/aromatic N) is 1. The number of hydrogen-bond acceptors (Lipinski definition) is 4. The molecule has 0 aliphatic carbocycles. The first-order chi connectivity index (χ1) is 9.08. The van der Waals surface area contributed by atoms with Crippen molar-refractivity contribution in [1.82, 2.24) is 5.32 Å². The van der Waals surface area contributed by atoms with Crippen LogP contribution < -0.4 is 10.2 Å². The molecule has 0 aliphatic heterocycles. The summed E-state index contributed by atoms with van der Waals surface area (Å²) in [5.74, 6) is -0.532. The number of anilines is 1. The lowest BCUT2D eigenvalue weighted by atomic mass is 10.2. The standard InChI is InChI=1S/C14H21FN2O2/c1-4-16-13(14(18)19-3)8-9-17(2)12-7-5-6-11(15)10-12/h5-7,10,13,16H,4,8-9H2,1-3H3. The van der Waals surface area contributed by atoms with Gasteiger partial charge in [-0.25, -0.2) is 4.39 Å². The van der Waals surface area contributed by atoms with E-state index in [1.807, 2.05) is 24.9 Å². The van der Waals surface area contributed by atoms with E-state index in [1.165, 1.54) is 19.2 Å². The molecule has 1 aromatic carbocycles. The summed E-state index contributed by atoms with van der Waals surface area (Å²) < 4.78 is 17.9. The maximum Gasteiger partial charge on any atom is 0.322 e. The number of ether oxygens (including phenoxy) is 1. The van der Waals surface area contributed by atoms with Gasteiger partial charge >= 0.3 is 5.97 Å². The summed E-state index contributed by atoms with van der Waals surface area (Å²) in [7, 11) is 3.25. The fourth-order valence-corrected chi connectivity index (χ4v) is 1.86. The minimum atomic E-state index is -0.328. The molecule has 1 rings (SSSR count). The Hall–Kier alpha value is -1.62. The third-order valence-corrected chi connectivity index (χ3v) is 2.94. The van der Waals surface area contributed by atoms with E-state index in [4.69, 9.17) is 4.74 Å². The average Bonchev–Trinajstić information content (AvgIpc) is 2.42. The number of likely N-dealkylation sites (N-methyl/N-ethyl adjacent to an activating group) is 1. The van der Waals surface area contributed by atoms with Crippen molar-refractivity contribution in [2.75, 3.05) is 32.1 Å². The van der Waals surface area contributed by atoms with Gasteiger partial charge in [-0.2, -0.15) is 0 Å². The molecule has 0 aromatic heterocycles. The minimum absolute atomic E-state index is 0.263. The Bertz CT molecular complexity index is 412. The fraction of sp³-hybridized carbons (Fsp3) is 0.500. The summed E-state index contributed by atoms with van der Waals surface area (Å²) in [6, 6.07) is 6.06. The van der Waals surface area contributed by atoms with Crippen LogP contribution in [-0.4, -0.2) is 39.3 Å². The Labute approximate surface area is 113 Å². The molecule has 1 atom stereocenters. The number of halogens is 1. The van der Waals surface area contributed by atoms with Crippen molar-refractivity contribution in [3.63, 3.8) is 0 Å². The van der Waals surface area contributed by atoms with Gasteiger partial charge in [0.2, 0.25) is 0 Å². The van der Waals surface area contributed by atoms with Crippen LogP contribution in [-0.2, 0) is 9.53 Å². The second-order valence-corrected chi connectivity index (χ2v) is 4.32. The van der Waals surface area contributed by atoms with Crippen LogP contribution >= 0.6 is 0 Å². The van der Waals surface area contributed by atoms with E-state index in [2.05, 4.69) is 5.32 Å². The average molecular weight is 268 g/mol. The second-order valence-electron chi connectivity index (χ2n) is 4.32. The van der Waals surface area contributed by atoms with Crippen molar-refractivity contribution in [2.45, 2.75) is 19.4 Å². The summed E-state index contributed by atoms with van der Waals surface area (Å²) >= 11 is 0. The minimum Gasteiger partial charge on any atom is -0.468 e. The van der Waals surface area contributed by atoms with Crippen LogP contribution in [0.4, 0.5) is 10.1 Å². The first-order valence-electron chi connectivity index (χ1n) is 6.36. The lowest BCUT2D eigenvalue weighted by molar-refractivity contribution is -0.143. The Balaban J connectivity index is 2.56. The molecule has 0 bridgehead atoms. The van der Waals surface area contributed by atoms with Crippen molar-refractivity contribution in [1.29, 1.82) is 0 Å². The molecule has 1 unspecified atom stereocenters. The highest BCUT2D eigenvalue weighted by molar-refractivity contribution is 5.75. The molecular weight excluding hydrogens is 247 g/mol. The monoisotopic (exact) mass is 268 g/mol. The van der Waals surface area contributed by atoms with Crippen molar-refractivity contribution >= 4 is 11.7 Å². The topological polar surface area (TPSA) is 41.6 Å². The SMILES string of the molecule is CCNC(CCN(C)c1cccc(F)c1)C(=O)OC. The molecule has 1 N–H and O–H groups in total. The van der Waals surface area contributed by atoms with E-state index in [0.717, 1.165) is 5.69 Å².